The monoisotopic (exact) mass is 312 g/mol. The average molecular weight is 312 g/mol. The number of nitrogens with zero attached hydrogens (tertiary/aromatic N) is 2. The molecule has 0 aliphatic heterocycles. The number of thiophene rings is 1. The minimum atomic E-state index is -0.475. The number of esters is 1. The van der Waals surface area contributed by atoms with Crippen molar-refractivity contribution >= 4 is 29.1 Å². The van der Waals surface area contributed by atoms with Crippen LogP contribution in [0.25, 0.3) is 0 Å². The fraction of sp³-hybridized carbons (Fsp3) is 0.462. The number of hydrogen-bond donors (Lipinski definition) is 0. The molecule has 0 aromatic carbocycles. The van der Waals surface area contributed by atoms with Crippen LogP contribution < -0.4 is 0 Å². The van der Waals surface area contributed by atoms with E-state index in [-0.39, 0.29) is 11.7 Å². The first-order valence-electron chi connectivity index (χ1n) is 6.12. The summed E-state index contributed by atoms with van der Waals surface area (Å²) in [5.74, 6) is 0.428. The maximum Gasteiger partial charge on any atom is 0.316 e. The molecule has 108 valence electrons. The van der Waals surface area contributed by atoms with Crippen LogP contribution in [0.2, 0.25) is 0 Å². The number of ether oxygens (including phenoxy) is 1. The Bertz CT molecular complexity index is 558. The third-order valence-electron chi connectivity index (χ3n) is 2.09. The van der Waals surface area contributed by atoms with Crippen molar-refractivity contribution in [3.8, 4) is 0 Å². The van der Waals surface area contributed by atoms with Crippen LogP contribution in [0.1, 0.15) is 31.5 Å². The summed E-state index contributed by atoms with van der Waals surface area (Å²) in [6.07, 6.45) is 0.623. The Morgan fingerprint density at radius 3 is 2.90 bits per heavy atom. The molecule has 0 aliphatic carbocycles. The van der Waals surface area contributed by atoms with Crippen LogP contribution in [0.4, 0.5) is 0 Å². The summed E-state index contributed by atoms with van der Waals surface area (Å²) in [4.78, 5) is 12.7. The number of hydrogen-bond acceptors (Lipinski definition) is 7. The fourth-order valence-electron chi connectivity index (χ4n) is 1.42. The molecule has 2 aromatic heterocycles. The number of aromatic nitrogens is 2. The van der Waals surface area contributed by atoms with Crippen LogP contribution in [0.15, 0.2) is 27.2 Å². The molecule has 5 nitrogen and oxygen atoms in total. The summed E-state index contributed by atoms with van der Waals surface area (Å²) in [7, 11) is 0. The molecule has 2 heterocycles. The van der Waals surface area contributed by atoms with Gasteiger partial charge >= 0.3 is 5.97 Å². The normalized spacial score (nSPS) is 11.6. The highest BCUT2D eigenvalue weighted by atomic mass is 32.2. The van der Waals surface area contributed by atoms with E-state index >= 15 is 0 Å². The first-order valence-corrected chi connectivity index (χ1v) is 7.98. The third-order valence-corrected chi connectivity index (χ3v) is 3.76. The van der Waals surface area contributed by atoms with Crippen molar-refractivity contribution in [1.29, 1.82) is 0 Å². The van der Waals surface area contributed by atoms with Gasteiger partial charge < -0.3 is 9.15 Å². The summed E-state index contributed by atoms with van der Waals surface area (Å²) in [6, 6.07) is 4.00. The smallest absolute Gasteiger partial charge is 0.316 e. The van der Waals surface area contributed by atoms with Crippen molar-refractivity contribution in [2.45, 2.75) is 38.0 Å². The lowest BCUT2D eigenvalue weighted by molar-refractivity contribution is -0.151. The van der Waals surface area contributed by atoms with Crippen molar-refractivity contribution in [2.75, 3.05) is 5.75 Å². The highest BCUT2D eigenvalue weighted by molar-refractivity contribution is 7.99. The quantitative estimate of drug-likeness (QED) is 0.624. The maximum absolute atomic E-state index is 11.6. The van der Waals surface area contributed by atoms with Gasteiger partial charge in [0, 0.05) is 4.88 Å². The van der Waals surface area contributed by atoms with Gasteiger partial charge in [0.25, 0.3) is 5.22 Å². The molecule has 0 unspecified atom stereocenters. The Labute approximate surface area is 125 Å². The van der Waals surface area contributed by atoms with Crippen LogP contribution in [0.3, 0.4) is 0 Å². The zero-order chi connectivity index (χ0) is 14.6. The molecular weight excluding hydrogens is 296 g/mol. The number of carbonyl (C=O) groups is 1. The van der Waals surface area contributed by atoms with Crippen LogP contribution in [-0.2, 0) is 16.0 Å². The lowest BCUT2D eigenvalue weighted by Crippen LogP contribution is -2.24. The van der Waals surface area contributed by atoms with E-state index in [0.717, 1.165) is 4.88 Å². The predicted octanol–water partition coefficient (Wildman–Crippen LogP) is 3.16. The summed E-state index contributed by atoms with van der Waals surface area (Å²) < 4.78 is 10.7. The molecule has 0 saturated carbocycles. The van der Waals surface area contributed by atoms with Gasteiger partial charge in [0.1, 0.15) is 11.4 Å². The van der Waals surface area contributed by atoms with Crippen molar-refractivity contribution in [3.63, 3.8) is 0 Å². The summed E-state index contributed by atoms with van der Waals surface area (Å²) in [5, 5.41) is 10.3. The molecule has 0 amide bonds. The topological polar surface area (TPSA) is 65.2 Å². The third kappa shape index (κ3) is 4.97. The van der Waals surface area contributed by atoms with Crippen LogP contribution in [0.5, 0.6) is 0 Å². The van der Waals surface area contributed by atoms with E-state index in [4.69, 9.17) is 9.15 Å². The van der Waals surface area contributed by atoms with Gasteiger partial charge in [-0.15, -0.1) is 21.5 Å². The lowest BCUT2D eigenvalue weighted by atomic mass is 10.2. The van der Waals surface area contributed by atoms with Crippen molar-refractivity contribution in [1.82, 2.24) is 10.2 Å². The molecule has 0 spiro atoms. The first kappa shape index (κ1) is 15.1. The Balaban J connectivity index is 1.82. The second-order valence-corrected chi connectivity index (χ2v) is 7.05. The lowest BCUT2D eigenvalue weighted by Gasteiger charge is -2.18. The van der Waals surface area contributed by atoms with Crippen LogP contribution in [-0.4, -0.2) is 27.5 Å². The van der Waals surface area contributed by atoms with Gasteiger partial charge in [0.15, 0.2) is 0 Å². The molecule has 0 atom stereocenters. The highest BCUT2D eigenvalue weighted by Crippen LogP contribution is 2.20. The number of thioether (sulfide) groups is 1. The van der Waals surface area contributed by atoms with Gasteiger partial charge in [-0.25, -0.2) is 0 Å². The van der Waals surface area contributed by atoms with Crippen molar-refractivity contribution < 1.29 is 13.9 Å². The van der Waals surface area contributed by atoms with Gasteiger partial charge in [0.2, 0.25) is 5.89 Å². The fourth-order valence-corrected chi connectivity index (χ4v) is 2.67. The highest BCUT2D eigenvalue weighted by Gasteiger charge is 2.17. The Hall–Kier alpha value is -1.34. The first-order chi connectivity index (χ1) is 9.42. The SMILES string of the molecule is CC(C)(C)OC(=O)CSc1nnc(Cc2cccs2)o1. The second-order valence-electron chi connectivity index (χ2n) is 5.09. The minimum Gasteiger partial charge on any atom is -0.459 e. The van der Waals surface area contributed by atoms with E-state index < -0.39 is 5.60 Å². The molecule has 7 heteroatoms. The summed E-state index contributed by atoms with van der Waals surface area (Å²) in [6.45, 7) is 5.50. The molecule has 0 saturated heterocycles. The Morgan fingerprint density at radius 2 is 2.25 bits per heavy atom. The minimum absolute atomic E-state index is 0.165. The van der Waals surface area contributed by atoms with Crippen LogP contribution in [0, 0.1) is 0 Å². The van der Waals surface area contributed by atoms with E-state index in [1.807, 2.05) is 38.3 Å². The van der Waals surface area contributed by atoms with E-state index in [0.29, 0.717) is 17.5 Å². The molecule has 20 heavy (non-hydrogen) atoms. The zero-order valence-corrected chi connectivity index (χ0v) is 13.2. The molecule has 0 fully saturated rings. The van der Waals surface area contributed by atoms with Crippen molar-refractivity contribution in [3.05, 3.63) is 28.3 Å². The number of carbonyl (C=O) groups excluding carboxylic acids is 1. The van der Waals surface area contributed by atoms with Gasteiger partial charge in [-0.3, -0.25) is 4.79 Å². The summed E-state index contributed by atoms with van der Waals surface area (Å²) in [5.41, 5.74) is -0.475. The van der Waals surface area contributed by atoms with E-state index in [2.05, 4.69) is 10.2 Å². The predicted molar refractivity (Wildman–Crippen MR) is 78.0 cm³/mol. The molecule has 2 rings (SSSR count). The second kappa shape index (κ2) is 6.41. The van der Waals surface area contributed by atoms with Gasteiger partial charge in [-0.05, 0) is 32.2 Å². The molecule has 0 aliphatic rings. The van der Waals surface area contributed by atoms with Gasteiger partial charge in [-0.1, -0.05) is 17.8 Å². The summed E-state index contributed by atoms with van der Waals surface area (Å²) >= 11 is 2.83. The van der Waals surface area contributed by atoms with E-state index in [9.17, 15) is 4.79 Å². The molecular formula is C13H16N2O3S2. The van der Waals surface area contributed by atoms with Crippen LogP contribution >= 0.6 is 23.1 Å². The maximum atomic E-state index is 11.6. The van der Waals surface area contributed by atoms with Crippen molar-refractivity contribution in [2.24, 2.45) is 0 Å². The zero-order valence-electron chi connectivity index (χ0n) is 11.6. The molecule has 0 bridgehead atoms. The van der Waals surface area contributed by atoms with E-state index in [1.165, 1.54) is 11.8 Å². The number of rotatable bonds is 5. The van der Waals surface area contributed by atoms with Gasteiger partial charge in [0.05, 0.1) is 6.42 Å². The molecule has 2 aromatic rings. The standard InChI is InChI=1S/C13H16N2O3S2/c1-13(2,3)18-11(16)8-20-12-15-14-10(17-12)7-9-5-4-6-19-9/h4-6H,7-8H2,1-3H3. The molecule has 0 N–H and O–H groups in total. The van der Waals surface area contributed by atoms with E-state index in [1.54, 1.807) is 11.3 Å². The Kier molecular flexibility index (Phi) is 4.82. The largest absolute Gasteiger partial charge is 0.459 e. The average Bonchev–Trinajstić information content (AvgIpc) is 2.96. The molecule has 0 radical (unpaired) electrons. The van der Waals surface area contributed by atoms with Gasteiger partial charge in [-0.2, -0.15) is 0 Å². The Morgan fingerprint density at radius 1 is 1.45 bits per heavy atom.